The van der Waals surface area contributed by atoms with Gasteiger partial charge in [0.2, 0.25) is 0 Å². The molecule has 32 heavy (non-hydrogen) atoms. The second-order valence-electron chi connectivity index (χ2n) is 7.76. The molecule has 1 aliphatic heterocycles. The van der Waals surface area contributed by atoms with Crippen molar-refractivity contribution in [3.63, 3.8) is 0 Å². The molecule has 1 aromatic heterocycles. The van der Waals surface area contributed by atoms with Crippen LogP contribution in [0.1, 0.15) is 52.2 Å². The van der Waals surface area contributed by atoms with Crippen LogP contribution in [0, 0.1) is 0 Å². The highest BCUT2D eigenvalue weighted by molar-refractivity contribution is 7.53. The summed E-state index contributed by atoms with van der Waals surface area (Å²) in [5, 5.41) is 0. The number of aromatic nitrogens is 2. The topological polar surface area (TPSA) is 141 Å². The van der Waals surface area contributed by atoms with E-state index in [4.69, 9.17) is 28.6 Å². The number of nitrogens with zero attached hydrogens (tertiary/aromatic N) is 2. The van der Waals surface area contributed by atoms with Crippen molar-refractivity contribution in [3.05, 3.63) is 22.7 Å². The van der Waals surface area contributed by atoms with E-state index in [0.29, 0.717) is 13.2 Å². The third-order valence-corrected chi connectivity index (χ3v) is 7.36. The summed E-state index contributed by atoms with van der Waals surface area (Å²) in [5.41, 5.74) is 4.97. The lowest BCUT2D eigenvalue weighted by Crippen LogP contribution is -2.29. The van der Waals surface area contributed by atoms with Gasteiger partial charge >= 0.3 is 20.9 Å². The molecule has 5 atom stereocenters. The molecule has 13 heteroatoms. The van der Waals surface area contributed by atoms with Gasteiger partial charge in [-0.3, -0.25) is 13.7 Å². The predicted octanol–water partition coefficient (Wildman–Crippen LogP) is 3.79. The molecule has 1 fully saturated rings. The van der Waals surface area contributed by atoms with Gasteiger partial charge in [0, 0.05) is 25.9 Å². The first kappa shape index (κ1) is 27.2. The van der Waals surface area contributed by atoms with Crippen molar-refractivity contribution in [2.75, 3.05) is 38.9 Å². The molecule has 0 saturated carbocycles. The number of hydrogen-bond acceptors (Lipinski definition) is 10. The number of hydrogen-bond donors (Lipinski definition) is 1. The van der Waals surface area contributed by atoms with Crippen LogP contribution in [0.4, 0.5) is 5.82 Å². The summed E-state index contributed by atoms with van der Waals surface area (Å²) in [4.78, 5) is 15.9. The lowest BCUT2D eigenvalue weighted by Gasteiger charge is -2.23. The van der Waals surface area contributed by atoms with Crippen LogP contribution in [0.2, 0.25) is 0 Å². The van der Waals surface area contributed by atoms with Crippen molar-refractivity contribution in [3.8, 4) is 0 Å². The Morgan fingerprint density at radius 3 is 2.34 bits per heavy atom. The summed E-state index contributed by atoms with van der Waals surface area (Å²) in [6.07, 6.45) is 2.74. The van der Waals surface area contributed by atoms with Crippen molar-refractivity contribution in [1.29, 1.82) is 0 Å². The van der Waals surface area contributed by atoms with Gasteiger partial charge in [-0.05, 0) is 18.9 Å². The number of nitrogens with two attached hydrogens (primary N) is 1. The fourth-order valence-electron chi connectivity index (χ4n) is 3.05. The minimum Gasteiger partial charge on any atom is -0.383 e. The summed E-state index contributed by atoms with van der Waals surface area (Å²) in [7, 11) is -6.71. The van der Waals surface area contributed by atoms with Gasteiger partial charge in [0.25, 0.3) is 0 Å². The summed E-state index contributed by atoms with van der Waals surface area (Å²) in [6, 6.07) is 1.48. The maximum Gasteiger partial charge on any atom is 0.351 e. The van der Waals surface area contributed by atoms with Gasteiger partial charge in [-0.15, -0.1) is 0 Å². The van der Waals surface area contributed by atoms with E-state index in [1.54, 1.807) is 0 Å². The largest absolute Gasteiger partial charge is 0.383 e. The van der Waals surface area contributed by atoms with E-state index in [0.717, 1.165) is 25.7 Å². The van der Waals surface area contributed by atoms with Gasteiger partial charge in [-0.2, -0.15) is 4.98 Å². The average Bonchev–Trinajstić information content (AvgIpc) is 3.08. The molecule has 184 valence electrons. The van der Waals surface area contributed by atoms with E-state index < -0.39 is 39.3 Å². The zero-order valence-corrected chi connectivity index (χ0v) is 21.0. The monoisotopic (exact) mass is 495 g/mol. The lowest BCUT2D eigenvalue weighted by molar-refractivity contribution is -0.0408. The SMILES string of the molecule is CCCCOP(C)(=O)OC[C@H]1O[C@@H](n2ccc(N)nc2=O)C[C@@H]1OP(C)(=O)OCCCC. The molecular formula is C19H35N3O8P2. The molecule has 0 radical (unpaired) electrons. The van der Waals surface area contributed by atoms with Crippen LogP contribution in [0.15, 0.2) is 17.1 Å². The van der Waals surface area contributed by atoms with E-state index in [-0.39, 0.29) is 18.8 Å². The van der Waals surface area contributed by atoms with Gasteiger partial charge < -0.3 is 28.6 Å². The number of rotatable bonds is 14. The Morgan fingerprint density at radius 2 is 1.75 bits per heavy atom. The van der Waals surface area contributed by atoms with Gasteiger partial charge in [0.05, 0.1) is 25.9 Å². The number of unbranched alkanes of at least 4 members (excludes halogenated alkanes) is 2. The molecule has 1 saturated heterocycles. The van der Waals surface area contributed by atoms with Gasteiger partial charge in [0.1, 0.15) is 18.1 Å². The highest BCUT2D eigenvalue weighted by atomic mass is 31.2. The lowest BCUT2D eigenvalue weighted by atomic mass is 10.2. The number of ether oxygens (including phenoxy) is 1. The van der Waals surface area contributed by atoms with Gasteiger partial charge in [-0.1, -0.05) is 26.7 Å². The van der Waals surface area contributed by atoms with Crippen LogP contribution in [0.25, 0.3) is 0 Å². The van der Waals surface area contributed by atoms with Crippen molar-refractivity contribution < 1.29 is 32.0 Å². The third-order valence-electron chi connectivity index (χ3n) is 4.79. The molecule has 2 rings (SSSR count). The van der Waals surface area contributed by atoms with Crippen LogP contribution >= 0.6 is 15.2 Å². The Kier molecular flexibility index (Phi) is 10.5. The second-order valence-corrected chi connectivity index (χ2v) is 11.8. The summed E-state index contributed by atoms with van der Waals surface area (Å²) in [6.45, 7) is 7.27. The van der Waals surface area contributed by atoms with Crippen LogP contribution < -0.4 is 11.4 Å². The minimum absolute atomic E-state index is 0.0930. The molecule has 2 heterocycles. The van der Waals surface area contributed by atoms with Crippen LogP contribution in [-0.2, 0) is 32.0 Å². The van der Waals surface area contributed by atoms with Crippen LogP contribution in [0.3, 0.4) is 0 Å². The second kappa shape index (κ2) is 12.4. The van der Waals surface area contributed by atoms with Crippen LogP contribution in [-0.4, -0.2) is 54.9 Å². The van der Waals surface area contributed by atoms with E-state index in [1.807, 2.05) is 13.8 Å². The first-order chi connectivity index (χ1) is 15.1. The van der Waals surface area contributed by atoms with Gasteiger partial charge in [-0.25, -0.2) is 4.79 Å². The molecule has 0 aliphatic carbocycles. The molecule has 0 amide bonds. The average molecular weight is 495 g/mol. The number of nitrogen functional groups attached to an aromatic ring is 1. The molecule has 0 aromatic carbocycles. The highest BCUT2D eigenvalue weighted by Crippen LogP contribution is 2.50. The molecule has 0 spiro atoms. The summed E-state index contributed by atoms with van der Waals surface area (Å²) >= 11 is 0. The Bertz CT molecular complexity index is 880. The maximum absolute atomic E-state index is 12.8. The smallest absolute Gasteiger partial charge is 0.351 e. The Hall–Kier alpha value is -1.06. The highest BCUT2D eigenvalue weighted by Gasteiger charge is 2.42. The third kappa shape index (κ3) is 8.71. The van der Waals surface area contributed by atoms with E-state index in [9.17, 15) is 13.9 Å². The van der Waals surface area contributed by atoms with E-state index in [2.05, 4.69) is 4.98 Å². The van der Waals surface area contributed by atoms with Crippen molar-refractivity contribution in [2.24, 2.45) is 0 Å². The summed E-state index contributed by atoms with van der Waals surface area (Å²) in [5.74, 6) is 0.0930. The molecule has 1 aromatic rings. The molecular weight excluding hydrogens is 460 g/mol. The fraction of sp³-hybridized carbons (Fsp3) is 0.789. The fourth-order valence-corrected chi connectivity index (χ4v) is 5.24. The minimum atomic E-state index is -3.39. The molecule has 1 aliphatic rings. The number of anilines is 1. The first-order valence-electron chi connectivity index (χ1n) is 10.8. The van der Waals surface area contributed by atoms with E-state index in [1.165, 1.54) is 30.2 Å². The standard InChI is InChI=1S/C19H35N3O8P2/c1-5-7-11-26-31(3,24)28-14-16-15(30-32(4,25)27-12-8-6-2)13-18(29-16)22-10-9-17(20)21-19(22)23/h9-10,15-16,18H,5-8,11-14H2,1-4H3,(H2,20,21,23)/t15-,16+,18+,31?,32?/m0/s1. The molecule has 0 bridgehead atoms. The molecule has 11 nitrogen and oxygen atoms in total. The Labute approximate surface area is 189 Å². The van der Waals surface area contributed by atoms with Crippen LogP contribution in [0.5, 0.6) is 0 Å². The first-order valence-corrected chi connectivity index (χ1v) is 14.8. The quantitative estimate of drug-likeness (QED) is 0.299. The predicted molar refractivity (Wildman–Crippen MR) is 121 cm³/mol. The Balaban J connectivity index is 2.12. The van der Waals surface area contributed by atoms with Crippen molar-refractivity contribution >= 4 is 21.0 Å². The normalized spacial score (nSPS) is 24.8. The van der Waals surface area contributed by atoms with Crippen molar-refractivity contribution in [1.82, 2.24) is 9.55 Å². The Morgan fingerprint density at radius 1 is 1.12 bits per heavy atom. The maximum atomic E-state index is 12.8. The zero-order chi connectivity index (χ0) is 23.8. The summed E-state index contributed by atoms with van der Waals surface area (Å²) < 4.78 is 54.7. The van der Waals surface area contributed by atoms with Crippen molar-refractivity contribution in [2.45, 2.75) is 64.4 Å². The zero-order valence-electron chi connectivity index (χ0n) is 19.2. The van der Waals surface area contributed by atoms with Gasteiger partial charge in [0.15, 0.2) is 0 Å². The molecule has 2 unspecified atom stereocenters. The molecule has 2 N–H and O–H groups in total. The van der Waals surface area contributed by atoms with E-state index >= 15 is 0 Å².